The lowest BCUT2D eigenvalue weighted by Crippen LogP contribution is -2.12. The van der Waals surface area contributed by atoms with E-state index in [1.807, 2.05) is 6.26 Å². The summed E-state index contributed by atoms with van der Waals surface area (Å²) >= 11 is 2.84. The maximum absolute atomic E-state index is 12.2. The Hall–Kier alpha value is -1.86. The molecule has 0 aliphatic rings. The number of carbonyl (C=O) groups excluding carboxylic acids is 1. The molecule has 0 radical (unpaired) electrons. The molecule has 0 saturated carbocycles. The van der Waals surface area contributed by atoms with Crippen LogP contribution in [0.15, 0.2) is 35.2 Å². The number of hydrogen-bond donors (Lipinski definition) is 1. The number of ether oxygens (including phenoxy) is 1. The zero-order valence-electron chi connectivity index (χ0n) is 11.8. The highest BCUT2D eigenvalue weighted by Crippen LogP contribution is 2.25. The number of nitrogens with zero attached hydrogens (tertiary/aromatic N) is 2. The van der Waals surface area contributed by atoms with Crippen LogP contribution in [-0.2, 0) is 6.42 Å². The lowest BCUT2D eigenvalue weighted by molar-refractivity contribution is 0.102. The van der Waals surface area contributed by atoms with Gasteiger partial charge in [-0.15, -0.1) is 16.8 Å². The first-order chi connectivity index (χ1) is 10.2. The van der Waals surface area contributed by atoms with E-state index in [0.717, 1.165) is 15.7 Å². The largest absolute Gasteiger partial charge is 0.496 e. The van der Waals surface area contributed by atoms with E-state index in [1.54, 1.807) is 31.4 Å². The first-order valence-corrected chi connectivity index (χ1v) is 8.18. The minimum Gasteiger partial charge on any atom is -0.496 e. The number of methoxy groups -OCH3 is 1. The number of amides is 1. The van der Waals surface area contributed by atoms with Crippen molar-refractivity contribution in [2.24, 2.45) is 0 Å². The molecule has 0 unspecified atom stereocenters. The van der Waals surface area contributed by atoms with Crippen LogP contribution < -0.4 is 10.1 Å². The number of anilines is 1. The number of nitrogens with one attached hydrogen (secondary N) is 1. The summed E-state index contributed by atoms with van der Waals surface area (Å²) < 4.78 is 6.08. The number of hydrogen-bond acceptors (Lipinski definition) is 6. The minimum atomic E-state index is -0.216. The SMILES string of the molecule is C=CCc1cc(C(=O)Nc2nnc(SC)s2)ccc1OC. The highest BCUT2D eigenvalue weighted by Gasteiger charge is 2.12. The Bertz CT molecular complexity index is 655. The Kier molecular flexibility index (Phi) is 5.35. The van der Waals surface area contributed by atoms with Crippen molar-refractivity contribution in [3.05, 3.63) is 42.0 Å². The summed E-state index contributed by atoms with van der Waals surface area (Å²) in [5, 5.41) is 11.1. The van der Waals surface area contributed by atoms with Crippen molar-refractivity contribution < 1.29 is 9.53 Å². The van der Waals surface area contributed by atoms with Gasteiger partial charge in [0.25, 0.3) is 5.91 Å². The molecule has 1 amide bonds. The Morgan fingerprint density at radius 3 is 2.95 bits per heavy atom. The highest BCUT2D eigenvalue weighted by molar-refractivity contribution is 8.00. The molecule has 0 saturated heterocycles. The van der Waals surface area contributed by atoms with Crippen LogP contribution in [0.5, 0.6) is 5.75 Å². The second-order valence-corrected chi connectivity index (χ2v) is 6.08. The van der Waals surface area contributed by atoms with Crippen LogP contribution in [0.25, 0.3) is 0 Å². The smallest absolute Gasteiger partial charge is 0.257 e. The zero-order chi connectivity index (χ0) is 15.2. The second-order valence-electron chi connectivity index (χ2n) is 4.05. The molecule has 1 aromatic heterocycles. The fraction of sp³-hybridized carbons (Fsp3) is 0.214. The quantitative estimate of drug-likeness (QED) is 0.503. The number of thioether (sulfide) groups is 1. The van der Waals surface area contributed by atoms with Gasteiger partial charge in [0, 0.05) is 5.56 Å². The minimum absolute atomic E-state index is 0.216. The van der Waals surface area contributed by atoms with Gasteiger partial charge in [0.15, 0.2) is 4.34 Å². The third-order valence-corrected chi connectivity index (χ3v) is 4.52. The predicted molar refractivity (Wildman–Crippen MR) is 86.5 cm³/mol. The van der Waals surface area contributed by atoms with E-state index in [4.69, 9.17) is 4.74 Å². The van der Waals surface area contributed by atoms with Crippen molar-refractivity contribution in [1.82, 2.24) is 10.2 Å². The van der Waals surface area contributed by atoms with Gasteiger partial charge in [-0.1, -0.05) is 29.2 Å². The number of allylic oxidation sites excluding steroid dienone is 1. The van der Waals surface area contributed by atoms with Crippen LogP contribution in [0.2, 0.25) is 0 Å². The monoisotopic (exact) mass is 321 g/mol. The second kappa shape index (κ2) is 7.24. The molecular formula is C14H15N3O2S2. The van der Waals surface area contributed by atoms with E-state index >= 15 is 0 Å². The van der Waals surface area contributed by atoms with Crippen LogP contribution in [-0.4, -0.2) is 29.5 Å². The van der Waals surface area contributed by atoms with E-state index in [0.29, 0.717) is 17.1 Å². The van der Waals surface area contributed by atoms with Crippen molar-refractivity contribution in [1.29, 1.82) is 0 Å². The molecule has 0 aliphatic carbocycles. The number of rotatable bonds is 6. The third kappa shape index (κ3) is 3.83. The Morgan fingerprint density at radius 2 is 2.33 bits per heavy atom. The average molecular weight is 321 g/mol. The van der Waals surface area contributed by atoms with Crippen molar-refractivity contribution in [3.63, 3.8) is 0 Å². The third-order valence-electron chi connectivity index (χ3n) is 2.71. The topological polar surface area (TPSA) is 64.1 Å². The summed E-state index contributed by atoms with van der Waals surface area (Å²) in [5.41, 5.74) is 1.47. The predicted octanol–water partition coefficient (Wildman–Crippen LogP) is 3.25. The van der Waals surface area contributed by atoms with Crippen LogP contribution in [0.3, 0.4) is 0 Å². The molecule has 0 bridgehead atoms. The molecule has 21 heavy (non-hydrogen) atoms. The van der Waals surface area contributed by atoms with E-state index in [-0.39, 0.29) is 5.91 Å². The Labute approximate surface area is 131 Å². The van der Waals surface area contributed by atoms with E-state index < -0.39 is 0 Å². The molecule has 0 aliphatic heterocycles. The molecule has 0 atom stereocenters. The normalized spacial score (nSPS) is 10.2. The van der Waals surface area contributed by atoms with Crippen molar-refractivity contribution >= 4 is 34.1 Å². The van der Waals surface area contributed by atoms with Gasteiger partial charge < -0.3 is 4.74 Å². The standard InChI is InChI=1S/C14H15N3O2S2/c1-4-5-9-8-10(6-7-11(9)19-2)12(18)15-13-16-17-14(20-3)21-13/h4,6-8H,1,5H2,2-3H3,(H,15,16,18). The summed E-state index contributed by atoms with van der Waals surface area (Å²) in [6, 6.07) is 5.30. The molecule has 1 aromatic carbocycles. The van der Waals surface area contributed by atoms with Crippen LogP contribution in [0.4, 0.5) is 5.13 Å². The molecule has 110 valence electrons. The summed E-state index contributed by atoms with van der Waals surface area (Å²) in [6.07, 6.45) is 4.33. The molecule has 1 N–H and O–H groups in total. The average Bonchev–Trinajstić information content (AvgIpc) is 2.95. The first-order valence-electron chi connectivity index (χ1n) is 6.14. The highest BCUT2D eigenvalue weighted by atomic mass is 32.2. The molecule has 2 aromatic rings. The van der Waals surface area contributed by atoms with Crippen LogP contribution >= 0.6 is 23.1 Å². The van der Waals surface area contributed by atoms with E-state index in [2.05, 4.69) is 22.1 Å². The molecule has 0 spiro atoms. The van der Waals surface area contributed by atoms with Crippen LogP contribution in [0, 0.1) is 0 Å². The summed E-state index contributed by atoms with van der Waals surface area (Å²) in [5.74, 6) is 0.527. The lowest BCUT2D eigenvalue weighted by Gasteiger charge is -2.09. The molecule has 0 fully saturated rings. The number of aromatic nitrogens is 2. The molecule has 7 heteroatoms. The van der Waals surface area contributed by atoms with Gasteiger partial charge in [0.2, 0.25) is 5.13 Å². The summed E-state index contributed by atoms with van der Waals surface area (Å²) in [6.45, 7) is 3.71. The number of carbonyl (C=O) groups is 1. The zero-order valence-corrected chi connectivity index (χ0v) is 13.4. The van der Waals surface area contributed by atoms with Crippen molar-refractivity contribution in [2.75, 3.05) is 18.7 Å². The first kappa shape index (κ1) is 15.5. The van der Waals surface area contributed by atoms with E-state index in [1.165, 1.54) is 23.1 Å². The summed E-state index contributed by atoms with van der Waals surface area (Å²) in [4.78, 5) is 12.2. The van der Waals surface area contributed by atoms with Gasteiger partial charge in [-0.2, -0.15) is 0 Å². The van der Waals surface area contributed by atoms with Crippen LogP contribution in [0.1, 0.15) is 15.9 Å². The number of benzene rings is 1. The van der Waals surface area contributed by atoms with Gasteiger partial charge in [-0.05, 0) is 36.4 Å². The van der Waals surface area contributed by atoms with Crippen molar-refractivity contribution in [3.8, 4) is 5.75 Å². The lowest BCUT2D eigenvalue weighted by atomic mass is 10.1. The van der Waals surface area contributed by atoms with Gasteiger partial charge in [-0.25, -0.2) is 0 Å². The van der Waals surface area contributed by atoms with Gasteiger partial charge in [0.05, 0.1) is 7.11 Å². The van der Waals surface area contributed by atoms with Gasteiger partial charge in [-0.3, -0.25) is 10.1 Å². The van der Waals surface area contributed by atoms with Gasteiger partial charge in [0.1, 0.15) is 5.75 Å². The molecule has 1 heterocycles. The van der Waals surface area contributed by atoms with Gasteiger partial charge >= 0.3 is 0 Å². The summed E-state index contributed by atoms with van der Waals surface area (Å²) in [7, 11) is 1.60. The Balaban J connectivity index is 2.18. The van der Waals surface area contributed by atoms with E-state index in [9.17, 15) is 4.79 Å². The fourth-order valence-corrected chi connectivity index (χ4v) is 2.91. The van der Waals surface area contributed by atoms with Crippen molar-refractivity contribution in [2.45, 2.75) is 10.8 Å². The molecule has 5 nitrogen and oxygen atoms in total. The maximum atomic E-state index is 12.2. The fourth-order valence-electron chi connectivity index (χ4n) is 1.75. The molecule has 2 rings (SSSR count). The maximum Gasteiger partial charge on any atom is 0.257 e. The molecular weight excluding hydrogens is 306 g/mol. The Morgan fingerprint density at radius 1 is 1.52 bits per heavy atom.